The fourth-order valence-electron chi connectivity index (χ4n) is 0.591. The van der Waals surface area contributed by atoms with Crippen LogP contribution in [0.3, 0.4) is 0 Å². The summed E-state index contributed by atoms with van der Waals surface area (Å²) in [7, 11) is 0. The predicted octanol–water partition coefficient (Wildman–Crippen LogP) is 0.989. The molecule has 0 aliphatic rings. The molecule has 0 aromatic rings. The van der Waals surface area contributed by atoms with Gasteiger partial charge in [0.25, 0.3) is 0 Å². The van der Waals surface area contributed by atoms with Crippen molar-refractivity contribution in [1.82, 2.24) is 0 Å². The lowest BCUT2D eigenvalue weighted by molar-refractivity contribution is 0.108. The Bertz CT molecular complexity index is 158. The molecule has 0 fully saturated rings. The third kappa shape index (κ3) is 7.17. The summed E-state index contributed by atoms with van der Waals surface area (Å²) in [6.07, 6.45) is 0.801. The van der Waals surface area contributed by atoms with Gasteiger partial charge in [-0.1, -0.05) is 13.8 Å². The maximum atomic E-state index is 8.96. The molecule has 4 nitrogen and oxygen atoms in total. The summed E-state index contributed by atoms with van der Waals surface area (Å²) in [5, 5.41) is 17.9. The molecular weight excluding hydrogens is 204 g/mol. The molecule has 0 bridgehead atoms. The predicted molar refractivity (Wildman–Crippen MR) is 69.1 cm³/mol. The second-order valence-electron chi connectivity index (χ2n) is 5.07. The van der Waals surface area contributed by atoms with Crippen molar-refractivity contribution in [3.05, 3.63) is 0 Å². The molecule has 0 saturated carbocycles. The molecule has 0 aromatic carbocycles. The zero-order valence-electron chi connectivity index (χ0n) is 11.6. The van der Waals surface area contributed by atoms with Crippen LogP contribution >= 0.6 is 0 Å². The number of aliphatic hydroxyl groups is 2. The van der Waals surface area contributed by atoms with E-state index in [1.54, 1.807) is 13.8 Å². The van der Waals surface area contributed by atoms with Crippen LogP contribution < -0.4 is 11.5 Å². The Balaban J connectivity index is 0. The van der Waals surface area contributed by atoms with Crippen LogP contribution in [0.15, 0.2) is 0 Å². The van der Waals surface area contributed by atoms with E-state index in [-0.39, 0.29) is 0 Å². The van der Waals surface area contributed by atoms with Crippen LogP contribution in [0.25, 0.3) is 0 Å². The van der Waals surface area contributed by atoms with Gasteiger partial charge in [0.05, 0.1) is 12.2 Å². The summed E-state index contributed by atoms with van der Waals surface area (Å²) in [4.78, 5) is 0. The topological polar surface area (TPSA) is 92.5 Å². The van der Waals surface area contributed by atoms with Crippen LogP contribution in [-0.4, -0.2) is 33.5 Å². The van der Waals surface area contributed by atoms with Crippen LogP contribution in [0.5, 0.6) is 0 Å². The second-order valence-corrected chi connectivity index (χ2v) is 5.07. The summed E-state index contributed by atoms with van der Waals surface area (Å²) >= 11 is 0. The van der Waals surface area contributed by atoms with Crippen molar-refractivity contribution in [2.45, 2.75) is 77.7 Å². The van der Waals surface area contributed by atoms with Gasteiger partial charge in [-0.3, -0.25) is 0 Å². The minimum absolute atomic E-state index is 0.403. The minimum atomic E-state index is -0.410. The molecule has 0 radical (unpaired) electrons. The van der Waals surface area contributed by atoms with Crippen molar-refractivity contribution in [3.63, 3.8) is 0 Å². The molecule has 4 atom stereocenters. The Labute approximate surface area is 100 Å². The highest BCUT2D eigenvalue weighted by molar-refractivity contribution is 4.82. The maximum absolute atomic E-state index is 8.96. The highest BCUT2D eigenvalue weighted by Crippen LogP contribution is 2.09. The lowest BCUT2D eigenvalue weighted by Gasteiger charge is -2.25. The summed E-state index contributed by atoms with van der Waals surface area (Å²) in [5.74, 6) is 0. The number of aliphatic hydroxyl groups excluding tert-OH is 2. The number of hydrogen-bond donors (Lipinski definition) is 4. The van der Waals surface area contributed by atoms with Crippen LogP contribution in [-0.2, 0) is 0 Å². The molecule has 0 saturated heterocycles. The molecule has 0 aliphatic carbocycles. The van der Waals surface area contributed by atoms with E-state index in [4.69, 9.17) is 21.7 Å². The van der Waals surface area contributed by atoms with Gasteiger partial charge in [0.2, 0.25) is 0 Å². The van der Waals surface area contributed by atoms with E-state index in [0.717, 1.165) is 12.8 Å². The van der Waals surface area contributed by atoms with E-state index < -0.39 is 23.3 Å². The van der Waals surface area contributed by atoms with Gasteiger partial charge in [-0.05, 0) is 40.5 Å². The Morgan fingerprint density at radius 2 is 1.06 bits per heavy atom. The van der Waals surface area contributed by atoms with Gasteiger partial charge < -0.3 is 21.7 Å². The van der Waals surface area contributed by atoms with Crippen molar-refractivity contribution < 1.29 is 10.2 Å². The van der Waals surface area contributed by atoms with Gasteiger partial charge in [0, 0.05) is 11.1 Å². The Kier molecular flexibility index (Phi) is 8.22. The van der Waals surface area contributed by atoms with E-state index >= 15 is 0 Å². The smallest absolute Gasteiger partial charge is 0.0688 e. The van der Waals surface area contributed by atoms with Gasteiger partial charge >= 0.3 is 0 Å². The number of nitrogens with two attached hydrogens (primary N) is 2. The molecule has 16 heavy (non-hydrogen) atoms. The largest absolute Gasteiger partial charge is 0.392 e. The molecule has 0 spiro atoms. The minimum Gasteiger partial charge on any atom is -0.392 e. The average Bonchev–Trinajstić information content (AvgIpc) is 2.18. The molecule has 0 heterocycles. The molecule has 0 rings (SSSR count). The lowest BCUT2D eigenvalue weighted by Crippen LogP contribution is -2.45. The van der Waals surface area contributed by atoms with Gasteiger partial charge in [0.15, 0.2) is 0 Å². The summed E-state index contributed by atoms with van der Waals surface area (Å²) < 4.78 is 0. The van der Waals surface area contributed by atoms with Crippen LogP contribution in [0.4, 0.5) is 0 Å². The fraction of sp³-hybridized carbons (Fsp3) is 1.00. The molecule has 100 valence electrons. The molecule has 6 N–H and O–H groups in total. The monoisotopic (exact) mass is 234 g/mol. The number of hydrogen-bond acceptors (Lipinski definition) is 4. The molecule has 4 unspecified atom stereocenters. The third-order valence-electron chi connectivity index (χ3n) is 3.43. The number of rotatable bonds is 4. The molecular formula is C12H30N2O2. The molecule has 0 amide bonds. The first-order valence-electron chi connectivity index (χ1n) is 5.95. The summed E-state index contributed by atoms with van der Waals surface area (Å²) in [6, 6.07) is 0. The van der Waals surface area contributed by atoms with Gasteiger partial charge in [-0.2, -0.15) is 0 Å². The fourth-order valence-corrected chi connectivity index (χ4v) is 0.591. The Hall–Kier alpha value is -0.160. The highest BCUT2D eigenvalue weighted by Gasteiger charge is 2.21. The van der Waals surface area contributed by atoms with Crippen molar-refractivity contribution in [3.8, 4) is 0 Å². The standard InChI is InChI=1S/2C6H15NO/c2*1-4-6(3,7)5(2)8/h2*5,8H,4,7H2,1-3H3. The molecule has 0 aromatic heterocycles. The first kappa shape index (κ1) is 18.2. The molecule has 4 heteroatoms. The van der Waals surface area contributed by atoms with Crippen molar-refractivity contribution in [2.24, 2.45) is 11.5 Å². The van der Waals surface area contributed by atoms with E-state index in [1.165, 1.54) is 0 Å². The van der Waals surface area contributed by atoms with Crippen LogP contribution in [0.2, 0.25) is 0 Å². The SMILES string of the molecule is CCC(C)(N)C(C)O.CCC(C)(N)C(C)O. The summed E-state index contributed by atoms with van der Waals surface area (Å²) in [6.45, 7) is 11.0. The third-order valence-corrected chi connectivity index (χ3v) is 3.43. The lowest BCUT2D eigenvalue weighted by atomic mass is 9.95. The Morgan fingerprint density at radius 3 is 1.06 bits per heavy atom. The van der Waals surface area contributed by atoms with E-state index in [1.807, 2.05) is 27.7 Å². The quantitative estimate of drug-likeness (QED) is 0.583. The van der Waals surface area contributed by atoms with Gasteiger partial charge in [-0.25, -0.2) is 0 Å². The zero-order valence-corrected chi connectivity index (χ0v) is 11.6. The van der Waals surface area contributed by atoms with Crippen molar-refractivity contribution in [2.75, 3.05) is 0 Å². The van der Waals surface area contributed by atoms with Gasteiger partial charge in [0.1, 0.15) is 0 Å². The first-order chi connectivity index (χ1) is 7.01. The maximum Gasteiger partial charge on any atom is 0.0688 e. The molecule has 0 aliphatic heterocycles. The first-order valence-corrected chi connectivity index (χ1v) is 5.95. The van der Waals surface area contributed by atoms with Crippen LogP contribution in [0.1, 0.15) is 54.4 Å². The summed E-state index contributed by atoms with van der Waals surface area (Å²) in [5.41, 5.74) is 10.4. The average molecular weight is 234 g/mol. The normalized spacial score (nSPS) is 22.1. The van der Waals surface area contributed by atoms with Crippen molar-refractivity contribution in [1.29, 1.82) is 0 Å². The van der Waals surface area contributed by atoms with E-state index in [9.17, 15) is 0 Å². The van der Waals surface area contributed by atoms with Crippen molar-refractivity contribution >= 4 is 0 Å². The van der Waals surface area contributed by atoms with Gasteiger partial charge in [-0.15, -0.1) is 0 Å². The van der Waals surface area contributed by atoms with E-state index in [0.29, 0.717) is 0 Å². The van der Waals surface area contributed by atoms with Crippen LogP contribution in [0, 0.1) is 0 Å². The Morgan fingerprint density at radius 1 is 0.875 bits per heavy atom. The highest BCUT2D eigenvalue weighted by atomic mass is 16.3. The second kappa shape index (κ2) is 7.22. The van der Waals surface area contributed by atoms with E-state index in [2.05, 4.69) is 0 Å². The zero-order chi connectivity index (χ0) is 13.6.